The van der Waals surface area contributed by atoms with Gasteiger partial charge in [-0.15, -0.1) is 0 Å². The van der Waals surface area contributed by atoms with E-state index in [0.717, 1.165) is 56.2 Å². The van der Waals surface area contributed by atoms with E-state index in [0.29, 0.717) is 17.2 Å². The molecule has 0 radical (unpaired) electrons. The van der Waals surface area contributed by atoms with Crippen LogP contribution in [0.2, 0.25) is 0 Å². The van der Waals surface area contributed by atoms with Gasteiger partial charge in [-0.25, -0.2) is 0 Å². The molecule has 3 saturated carbocycles. The van der Waals surface area contributed by atoms with Crippen LogP contribution in [0.1, 0.15) is 76.2 Å². The van der Waals surface area contributed by atoms with Crippen molar-refractivity contribution in [2.45, 2.75) is 77.0 Å². The molecule has 1 spiro atoms. The third kappa shape index (κ3) is 5.03. The summed E-state index contributed by atoms with van der Waals surface area (Å²) in [5, 5.41) is 0. The van der Waals surface area contributed by atoms with Gasteiger partial charge in [0.2, 0.25) is 5.91 Å². The Morgan fingerprint density at radius 3 is 2.44 bits per heavy atom. The summed E-state index contributed by atoms with van der Waals surface area (Å²) >= 11 is 0. The number of aryl methyl sites for hydroxylation is 1. The Balaban J connectivity index is 1.12. The van der Waals surface area contributed by atoms with Crippen LogP contribution in [0.4, 0.5) is 0 Å². The molecule has 1 aromatic carbocycles. The van der Waals surface area contributed by atoms with Gasteiger partial charge in [-0.2, -0.15) is 0 Å². The van der Waals surface area contributed by atoms with E-state index in [4.69, 9.17) is 4.74 Å². The van der Waals surface area contributed by atoms with Crippen LogP contribution in [0, 0.1) is 29.1 Å². The number of para-hydroxylation sites is 1. The molecule has 0 N–H and O–H groups in total. The summed E-state index contributed by atoms with van der Waals surface area (Å²) in [5.74, 6) is 4.36. The number of carbonyl (C=O) groups excluding carboxylic acids is 1. The molecule has 6 rings (SSSR count). The Kier molecular flexibility index (Phi) is 6.62. The number of hydrogen-bond acceptors (Lipinski definition) is 3. The van der Waals surface area contributed by atoms with Crippen molar-refractivity contribution in [1.82, 2.24) is 9.80 Å². The van der Waals surface area contributed by atoms with E-state index in [1.54, 1.807) is 0 Å². The van der Waals surface area contributed by atoms with E-state index in [-0.39, 0.29) is 0 Å². The van der Waals surface area contributed by atoms with E-state index in [1.165, 1.54) is 89.3 Å². The summed E-state index contributed by atoms with van der Waals surface area (Å²) in [6.45, 7) is 6.23. The molecule has 2 atom stereocenters. The average molecular weight is 465 g/mol. The number of amides is 1. The quantitative estimate of drug-likeness (QED) is 0.588. The number of carbonyl (C=O) groups is 1. The lowest BCUT2D eigenvalue weighted by atomic mass is 9.73. The van der Waals surface area contributed by atoms with Gasteiger partial charge < -0.3 is 9.64 Å². The lowest BCUT2D eigenvalue weighted by Crippen LogP contribution is -2.49. The smallest absolute Gasteiger partial charge is 0.226 e. The molecule has 1 amide bonds. The molecule has 2 aliphatic heterocycles. The third-order valence-electron chi connectivity index (χ3n) is 9.89. The Morgan fingerprint density at radius 1 is 0.912 bits per heavy atom. The van der Waals surface area contributed by atoms with Gasteiger partial charge in [0.1, 0.15) is 12.4 Å². The van der Waals surface area contributed by atoms with Gasteiger partial charge in [-0.1, -0.05) is 37.5 Å². The SMILES string of the molecule is O=C(C1C2CCCCC21)N1CCC2(CCCCc3ccccc3OCCN(CC3CC3)C2)CC1. The third-order valence-corrected chi connectivity index (χ3v) is 9.89. The summed E-state index contributed by atoms with van der Waals surface area (Å²) in [7, 11) is 0. The zero-order valence-electron chi connectivity index (χ0n) is 21.1. The fraction of sp³-hybridized carbons (Fsp3) is 0.767. The van der Waals surface area contributed by atoms with Gasteiger partial charge in [0, 0.05) is 38.6 Å². The highest BCUT2D eigenvalue weighted by molar-refractivity contribution is 5.82. The first-order valence-electron chi connectivity index (χ1n) is 14.4. The summed E-state index contributed by atoms with van der Waals surface area (Å²) in [5.41, 5.74) is 1.75. The summed E-state index contributed by atoms with van der Waals surface area (Å²) in [6, 6.07) is 8.65. The highest BCUT2D eigenvalue weighted by Gasteiger charge is 2.56. The number of hydrogen-bond donors (Lipinski definition) is 0. The molecule has 2 heterocycles. The molecule has 4 fully saturated rings. The highest BCUT2D eigenvalue weighted by Crippen LogP contribution is 2.56. The predicted octanol–water partition coefficient (Wildman–Crippen LogP) is 5.55. The van der Waals surface area contributed by atoms with Gasteiger partial charge in [0.15, 0.2) is 0 Å². The fourth-order valence-electron chi connectivity index (χ4n) is 7.58. The molecule has 1 saturated heterocycles. The van der Waals surface area contributed by atoms with Gasteiger partial charge in [-0.3, -0.25) is 9.69 Å². The minimum absolute atomic E-state index is 0.376. The molecule has 3 aliphatic carbocycles. The van der Waals surface area contributed by atoms with Crippen molar-refractivity contribution in [2.75, 3.05) is 39.3 Å². The molecule has 0 bridgehead atoms. The maximum Gasteiger partial charge on any atom is 0.226 e. The number of likely N-dealkylation sites (tertiary alicyclic amines) is 1. The number of nitrogens with zero attached hydrogens (tertiary/aromatic N) is 2. The van der Waals surface area contributed by atoms with E-state index >= 15 is 0 Å². The van der Waals surface area contributed by atoms with Gasteiger partial charge in [0.05, 0.1) is 0 Å². The molecule has 5 aliphatic rings. The first kappa shape index (κ1) is 22.9. The second-order valence-electron chi connectivity index (χ2n) is 12.3. The van der Waals surface area contributed by atoms with Crippen LogP contribution >= 0.6 is 0 Å². The van der Waals surface area contributed by atoms with Crippen molar-refractivity contribution in [3.8, 4) is 5.75 Å². The molecule has 0 aromatic heterocycles. The average Bonchev–Trinajstić information content (AvgIpc) is 3.78. The first-order chi connectivity index (χ1) is 16.7. The van der Waals surface area contributed by atoms with E-state index in [9.17, 15) is 4.79 Å². The van der Waals surface area contributed by atoms with Gasteiger partial charge in [-0.05, 0) is 92.6 Å². The van der Waals surface area contributed by atoms with E-state index in [1.807, 2.05) is 0 Å². The Labute approximate surface area is 206 Å². The van der Waals surface area contributed by atoms with Crippen LogP contribution in [-0.4, -0.2) is 55.0 Å². The molecule has 186 valence electrons. The Bertz CT molecular complexity index is 845. The van der Waals surface area contributed by atoms with Crippen LogP contribution in [0.15, 0.2) is 24.3 Å². The van der Waals surface area contributed by atoms with Crippen molar-refractivity contribution >= 4 is 5.91 Å². The summed E-state index contributed by atoms with van der Waals surface area (Å²) in [4.78, 5) is 18.3. The Morgan fingerprint density at radius 2 is 1.68 bits per heavy atom. The summed E-state index contributed by atoms with van der Waals surface area (Å²) < 4.78 is 6.30. The predicted molar refractivity (Wildman–Crippen MR) is 136 cm³/mol. The van der Waals surface area contributed by atoms with Crippen molar-refractivity contribution in [3.63, 3.8) is 0 Å². The van der Waals surface area contributed by atoms with Crippen molar-refractivity contribution < 1.29 is 9.53 Å². The zero-order chi connectivity index (χ0) is 23.0. The minimum atomic E-state index is 0.376. The van der Waals surface area contributed by atoms with Gasteiger partial charge in [0.25, 0.3) is 0 Å². The number of piperidine rings is 1. The van der Waals surface area contributed by atoms with Crippen molar-refractivity contribution in [1.29, 1.82) is 0 Å². The van der Waals surface area contributed by atoms with Crippen LogP contribution in [0.3, 0.4) is 0 Å². The van der Waals surface area contributed by atoms with Crippen LogP contribution in [-0.2, 0) is 11.2 Å². The molecule has 34 heavy (non-hydrogen) atoms. The van der Waals surface area contributed by atoms with Crippen LogP contribution in [0.5, 0.6) is 5.75 Å². The topological polar surface area (TPSA) is 32.8 Å². The molecule has 1 aromatic rings. The lowest BCUT2D eigenvalue weighted by Gasteiger charge is -2.45. The van der Waals surface area contributed by atoms with Gasteiger partial charge >= 0.3 is 0 Å². The second-order valence-corrected chi connectivity index (χ2v) is 12.3. The normalized spacial score (nSPS) is 32.0. The molecule has 2 unspecified atom stereocenters. The summed E-state index contributed by atoms with van der Waals surface area (Å²) in [6.07, 6.45) is 15.4. The maximum atomic E-state index is 13.3. The standard InChI is InChI=1S/C30H44N2O2/c33-29(28-25-9-2-3-10-26(25)28)32-17-15-30(16-18-32)14-6-5-8-24-7-1-4-11-27(24)34-20-19-31(22-30)21-23-12-13-23/h1,4,7,11,23,25-26,28H,2-3,5-6,8-10,12-22H2. The number of rotatable bonds is 3. The number of fused-ring (bicyclic) bond motifs is 2. The number of benzene rings is 1. The van der Waals surface area contributed by atoms with E-state index in [2.05, 4.69) is 34.1 Å². The molecule has 4 heteroatoms. The largest absolute Gasteiger partial charge is 0.492 e. The van der Waals surface area contributed by atoms with E-state index < -0.39 is 0 Å². The second kappa shape index (κ2) is 9.84. The van der Waals surface area contributed by atoms with Crippen molar-refractivity contribution in [3.05, 3.63) is 29.8 Å². The molecular formula is C30H44N2O2. The lowest BCUT2D eigenvalue weighted by molar-refractivity contribution is -0.136. The van der Waals surface area contributed by atoms with Crippen LogP contribution in [0.25, 0.3) is 0 Å². The monoisotopic (exact) mass is 464 g/mol. The highest BCUT2D eigenvalue weighted by atomic mass is 16.5. The molecule has 4 nitrogen and oxygen atoms in total. The van der Waals surface area contributed by atoms with Crippen molar-refractivity contribution in [2.24, 2.45) is 29.1 Å². The molecular weight excluding hydrogens is 420 g/mol. The Hall–Kier alpha value is -1.55. The first-order valence-corrected chi connectivity index (χ1v) is 14.4. The minimum Gasteiger partial charge on any atom is -0.492 e. The van der Waals surface area contributed by atoms with Crippen LogP contribution < -0.4 is 4.74 Å². The maximum absolute atomic E-state index is 13.3. The number of ether oxygens (including phenoxy) is 1. The fourth-order valence-corrected chi connectivity index (χ4v) is 7.58. The zero-order valence-corrected chi connectivity index (χ0v) is 21.1.